The van der Waals surface area contributed by atoms with Crippen LogP contribution in [0.3, 0.4) is 0 Å². The van der Waals surface area contributed by atoms with Crippen LogP contribution in [0.1, 0.15) is 78.9 Å². The Labute approximate surface area is 259 Å². The highest BCUT2D eigenvalue weighted by atomic mass is 16.7. The lowest BCUT2D eigenvalue weighted by molar-refractivity contribution is -0.252. The van der Waals surface area contributed by atoms with Crippen molar-refractivity contribution >= 4 is 11.8 Å². The summed E-state index contributed by atoms with van der Waals surface area (Å²) in [5, 5.41) is 21.0. The Bertz CT molecular complexity index is 1290. The van der Waals surface area contributed by atoms with Crippen LogP contribution in [0, 0.1) is 0 Å². The lowest BCUT2D eigenvalue weighted by atomic mass is 9.99. The molecule has 44 heavy (non-hydrogen) atoms. The first kappa shape index (κ1) is 33.2. The van der Waals surface area contributed by atoms with Crippen molar-refractivity contribution in [2.24, 2.45) is 0 Å². The molecule has 0 saturated carbocycles. The van der Waals surface area contributed by atoms with Crippen LogP contribution in [-0.4, -0.2) is 58.3 Å². The Morgan fingerprint density at radius 2 is 1.61 bits per heavy atom. The first-order valence-electron chi connectivity index (χ1n) is 15.3. The van der Waals surface area contributed by atoms with Crippen LogP contribution < -0.4 is 10.8 Å². The molecule has 3 aromatic rings. The van der Waals surface area contributed by atoms with Gasteiger partial charge in [-0.05, 0) is 48.7 Å². The molecule has 4 rings (SSSR count). The smallest absolute Gasteiger partial charge is 0.243 e. The fraction of sp³-hybridized carbons (Fsp3) is 0.441. The van der Waals surface area contributed by atoms with Crippen LogP contribution in [-0.2, 0) is 38.6 Å². The molecular formula is C34H44N4O6. The van der Waals surface area contributed by atoms with Gasteiger partial charge in [-0.2, -0.15) is 0 Å². The summed E-state index contributed by atoms with van der Waals surface area (Å²) in [5.74, 6) is -0.446. The fourth-order valence-electron chi connectivity index (χ4n) is 5.21. The summed E-state index contributed by atoms with van der Waals surface area (Å²) >= 11 is 0. The lowest BCUT2D eigenvalue weighted by Gasteiger charge is -2.38. The van der Waals surface area contributed by atoms with E-state index in [-0.39, 0.29) is 31.1 Å². The highest BCUT2D eigenvalue weighted by molar-refractivity contribution is 5.76. The van der Waals surface area contributed by atoms with E-state index in [1.54, 1.807) is 5.48 Å². The lowest BCUT2D eigenvalue weighted by Crippen LogP contribution is -2.38. The molecule has 2 heterocycles. The standard InChI is InChI=1S/C34H44N4O6/c1-38(20-18-29-7-5-6-19-35-29)23-30-21-31(27-14-12-26(24-39)13-15-27)44-34(43-30)28-16-10-25(11-17-28)22-36-32(40)8-3-2-4-9-33(41)37-42/h5-7,10-17,19,30-31,34,39,42H,2-4,8-9,18,20-24H2,1H3,(H,36,40)(H,37,41)/t30-,31+,34+/m1/s1. The maximum atomic E-state index is 12.3. The fourth-order valence-corrected chi connectivity index (χ4v) is 5.21. The topological polar surface area (TPSA) is 133 Å². The Morgan fingerprint density at radius 3 is 2.30 bits per heavy atom. The monoisotopic (exact) mass is 604 g/mol. The predicted molar refractivity (Wildman–Crippen MR) is 165 cm³/mol. The summed E-state index contributed by atoms with van der Waals surface area (Å²) in [7, 11) is 2.10. The average molecular weight is 605 g/mol. The van der Waals surface area contributed by atoms with Crippen LogP contribution in [0.25, 0.3) is 0 Å². The van der Waals surface area contributed by atoms with Crippen molar-refractivity contribution < 1.29 is 29.4 Å². The van der Waals surface area contributed by atoms with Gasteiger partial charge in [-0.3, -0.25) is 19.8 Å². The number of hydrogen-bond donors (Lipinski definition) is 4. The zero-order chi connectivity index (χ0) is 31.1. The van der Waals surface area contributed by atoms with Gasteiger partial charge in [0.2, 0.25) is 11.8 Å². The number of nitrogens with zero attached hydrogens (tertiary/aromatic N) is 2. The largest absolute Gasteiger partial charge is 0.392 e. The first-order valence-corrected chi connectivity index (χ1v) is 15.3. The van der Waals surface area contributed by atoms with E-state index in [2.05, 4.69) is 22.2 Å². The Kier molecular flexibility index (Phi) is 13.3. The molecule has 0 aliphatic carbocycles. The molecule has 1 aliphatic rings. The summed E-state index contributed by atoms with van der Waals surface area (Å²) in [5.41, 5.74) is 6.46. The Hall–Kier alpha value is -3.67. The summed E-state index contributed by atoms with van der Waals surface area (Å²) in [6, 6.07) is 21.8. The third kappa shape index (κ3) is 10.8. The van der Waals surface area contributed by atoms with Crippen molar-refractivity contribution in [3.63, 3.8) is 0 Å². The molecule has 0 bridgehead atoms. The molecule has 1 aliphatic heterocycles. The number of aliphatic hydroxyl groups is 1. The normalized spacial score (nSPS) is 18.2. The number of carbonyl (C=O) groups is 2. The summed E-state index contributed by atoms with van der Waals surface area (Å²) < 4.78 is 13.0. The number of amides is 2. The molecule has 1 saturated heterocycles. The van der Waals surface area contributed by atoms with E-state index >= 15 is 0 Å². The van der Waals surface area contributed by atoms with Gasteiger partial charge in [0.05, 0.1) is 18.8 Å². The second-order valence-electron chi connectivity index (χ2n) is 11.3. The van der Waals surface area contributed by atoms with Gasteiger partial charge in [-0.1, -0.05) is 61.0 Å². The van der Waals surface area contributed by atoms with E-state index in [9.17, 15) is 14.7 Å². The number of benzene rings is 2. The maximum Gasteiger partial charge on any atom is 0.243 e. The van der Waals surface area contributed by atoms with Gasteiger partial charge in [-0.25, -0.2) is 5.48 Å². The van der Waals surface area contributed by atoms with Crippen molar-refractivity contribution in [3.8, 4) is 0 Å². The number of hydroxylamine groups is 1. The Morgan fingerprint density at radius 1 is 0.909 bits per heavy atom. The van der Waals surface area contributed by atoms with Crippen LogP contribution >= 0.6 is 0 Å². The van der Waals surface area contributed by atoms with Crippen LogP contribution in [0.4, 0.5) is 0 Å². The number of hydrogen-bond acceptors (Lipinski definition) is 8. The SMILES string of the molecule is CN(CCc1ccccn1)C[C@H]1C[C@@H](c2ccc(CO)cc2)O[C@@H](c2ccc(CNC(=O)CCCCCC(=O)NO)cc2)O1. The molecule has 1 aromatic heterocycles. The second-order valence-corrected chi connectivity index (χ2v) is 11.3. The number of likely N-dealkylation sites (N-methyl/N-ethyl adjacent to an activating group) is 1. The van der Waals surface area contributed by atoms with E-state index in [0.717, 1.165) is 53.9 Å². The van der Waals surface area contributed by atoms with Gasteiger partial charge < -0.3 is 24.8 Å². The van der Waals surface area contributed by atoms with Crippen molar-refractivity contribution in [1.29, 1.82) is 0 Å². The van der Waals surface area contributed by atoms with E-state index in [0.29, 0.717) is 32.2 Å². The molecule has 0 spiro atoms. The van der Waals surface area contributed by atoms with Crippen molar-refractivity contribution in [2.45, 2.75) is 76.6 Å². The van der Waals surface area contributed by atoms with Crippen LogP contribution in [0.5, 0.6) is 0 Å². The molecule has 0 unspecified atom stereocenters. The summed E-state index contributed by atoms with van der Waals surface area (Å²) in [4.78, 5) is 30.0. The minimum absolute atomic E-state index is 0.000455. The number of rotatable bonds is 16. The number of aliphatic hydroxyl groups excluding tert-OH is 1. The number of aromatic nitrogens is 1. The number of carbonyl (C=O) groups excluding carboxylic acids is 2. The van der Waals surface area contributed by atoms with Gasteiger partial charge in [-0.15, -0.1) is 0 Å². The van der Waals surface area contributed by atoms with Crippen LogP contribution in [0.2, 0.25) is 0 Å². The quantitative estimate of drug-likeness (QED) is 0.108. The molecular weight excluding hydrogens is 560 g/mol. The average Bonchev–Trinajstić information content (AvgIpc) is 3.06. The maximum absolute atomic E-state index is 12.3. The minimum Gasteiger partial charge on any atom is -0.392 e. The third-order valence-corrected chi connectivity index (χ3v) is 7.78. The first-order chi connectivity index (χ1) is 21.4. The second kappa shape index (κ2) is 17.6. The molecule has 2 aromatic carbocycles. The number of pyridine rings is 1. The molecule has 3 atom stereocenters. The van der Waals surface area contributed by atoms with E-state index in [1.807, 2.05) is 72.9 Å². The van der Waals surface area contributed by atoms with E-state index in [1.165, 1.54) is 0 Å². The number of unbranched alkanes of at least 4 members (excludes halogenated alkanes) is 2. The molecule has 4 N–H and O–H groups in total. The zero-order valence-corrected chi connectivity index (χ0v) is 25.4. The molecule has 1 fully saturated rings. The van der Waals surface area contributed by atoms with Gasteiger partial charge >= 0.3 is 0 Å². The highest BCUT2D eigenvalue weighted by Gasteiger charge is 2.32. The summed E-state index contributed by atoms with van der Waals surface area (Å²) in [6.45, 7) is 2.03. The molecule has 10 nitrogen and oxygen atoms in total. The van der Waals surface area contributed by atoms with Crippen molar-refractivity contribution in [3.05, 3.63) is 101 Å². The third-order valence-electron chi connectivity index (χ3n) is 7.78. The minimum atomic E-state index is -0.544. The van der Waals surface area contributed by atoms with Gasteiger partial charge in [0.1, 0.15) is 0 Å². The summed E-state index contributed by atoms with van der Waals surface area (Å²) in [6.07, 6.45) is 5.32. The van der Waals surface area contributed by atoms with Crippen LogP contribution in [0.15, 0.2) is 72.9 Å². The Balaban J connectivity index is 1.32. The van der Waals surface area contributed by atoms with E-state index < -0.39 is 12.2 Å². The zero-order valence-electron chi connectivity index (χ0n) is 25.4. The molecule has 0 radical (unpaired) electrons. The predicted octanol–water partition coefficient (Wildman–Crippen LogP) is 4.37. The number of ether oxygens (including phenoxy) is 2. The highest BCUT2D eigenvalue weighted by Crippen LogP contribution is 2.38. The number of nitrogens with one attached hydrogen (secondary N) is 2. The van der Waals surface area contributed by atoms with Crippen molar-refractivity contribution in [2.75, 3.05) is 20.1 Å². The molecule has 236 valence electrons. The van der Waals surface area contributed by atoms with Gasteiger partial charge in [0.25, 0.3) is 0 Å². The van der Waals surface area contributed by atoms with Gasteiger partial charge in [0, 0.05) is 62.8 Å². The van der Waals surface area contributed by atoms with Crippen molar-refractivity contribution in [1.82, 2.24) is 20.7 Å². The van der Waals surface area contributed by atoms with Gasteiger partial charge in [0.15, 0.2) is 6.29 Å². The molecule has 10 heteroatoms. The molecule has 2 amide bonds. The van der Waals surface area contributed by atoms with E-state index in [4.69, 9.17) is 14.7 Å².